The van der Waals surface area contributed by atoms with Gasteiger partial charge in [-0.1, -0.05) is 5.16 Å². The summed E-state index contributed by atoms with van der Waals surface area (Å²) in [6.07, 6.45) is 4.29. The minimum Gasteiger partial charge on any atom is -0.497 e. The third-order valence-corrected chi connectivity index (χ3v) is 3.13. The van der Waals surface area contributed by atoms with E-state index in [9.17, 15) is 0 Å². The molecule has 21 heavy (non-hydrogen) atoms. The molecule has 1 aromatic carbocycles. The second-order valence-electron chi connectivity index (χ2n) is 4.50. The highest BCUT2D eigenvalue weighted by molar-refractivity contribution is 6.00. The number of nitrogens with zero attached hydrogens (tertiary/aromatic N) is 2. The fourth-order valence-electron chi connectivity index (χ4n) is 1.93. The molecule has 0 amide bonds. The quantitative estimate of drug-likeness (QED) is 0.504. The van der Waals surface area contributed by atoms with Gasteiger partial charge in [-0.3, -0.25) is 4.98 Å². The Balaban J connectivity index is 2.10. The van der Waals surface area contributed by atoms with Gasteiger partial charge in [0.15, 0.2) is 0 Å². The molecule has 0 saturated heterocycles. The van der Waals surface area contributed by atoms with Crippen LogP contribution < -0.4 is 9.47 Å². The highest BCUT2D eigenvalue weighted by atomic mass is 16.5. The van der Waals surface area contributed by atoms with Crippen molar-refractivity contribution in [3.05, 3.63) is 53.9 Å². The molecule has 0 fully saturated rings. The van der Waals surface area contributed by atoms with Gasteiger partial charge < -0.3 is 14.7 Å². The van der Waals surface area contributed by atoms with Gasteiger partial charge in [0.1, 0.15) is 11.5 Å². The molecule has 0 unspecified atom stereocenters. The van der Waals surface area contributed by atoms with E-state index in [0.717, 1.165) is 17.5 Å². The van der Waals surface area contributed by atoms with Crippen LogP contribution in [0.15, 0.2) is 47.9 Å². The van der Waals surface area contributed by atoms with Crippen LogP contribution in [0.4, 0.5) is 0 Å². The second-order valence-corrected chi connectivity index (χ2v) is 4.50. The molecular weight excluding hydrogens is 268 g/mol. The van der Waals surface area contributed by atoms with Gasteiger partial charge in [-0.25, -0.2) is 0 Å². The minimum atomic E-state index is 0.497. The molecule has 0 bridgehead atoms. The smallest absolute Gasteiger partial charge is 0.132 e. The van der Waals surface area contributed by atoms with E-state index in [2.05, 4.69) is 10.1 Å². The van der Waals surface area contributed by atoms with Crippen molar-refractivity contribution >= 4 is 5.71 Å². The lowest BCUT2D eigenvalue weighted by molar-refractivity contribution is 0.312. The van der Waals surface area contributed by atoms with Gasteiger partial charge >= 0.3 is 0 Å². The van der Waals surface area contributed by atoms with Crippen LogP contribution in [0.3, 0.4) is 0 Å². The first kappa shape index (κ1) is 14.8. The van der Waals surface area contributed by atoms with Crippen molar-refractivity contribution in [3.63, 3.8) is 0 Å². The van der Waals surface area contributed by atoms with Crippen LogP contribution in [0, 0.1) is 0 Å². The first-order chi connectivity index (χ1) is 10.2. The van der Waals surface area contributed by atoms with E-state index in [1.807, 2.05) is 18.2 Å². The maximum atomic E-state index is 8.94. The van der Waals surface area contributed by atoms with E-state index in [4.69, 9.17) is 14.7 Å². The lowest BCUT2D eigenvalue weighted by atomic mass is 10.1. The number of ether oxygens (including phenoxy) is 2. The predicted octanol–water partition coefficient (Wildman–Crippen LogP) is 2.91. The standard InChI is InChI=1S/C16H18N2O3/c1-12(18-19)15-4-3-14(20-2)11-16(15)21-10-7-13-5-8-17-9-6-13/h3-6,8-9,11,19H,7,10H2,1-2H3/b18-12+. The van der Waals surface area contributed by atoms with Gasteiger partial charge in [0.25, 0.3) is 0 Å². The monoisotopic (exact) mass is 286 g/mol. The van der Waals surface area contributed by atoms with Crippen molar-refractivity contribution in [1.82, 2.24) is 4.98 Å². The van der Waals surface area contributed by atoms with Crippen molar-refractivity contribution in [1.29, 1.82) is 0 Å². The molecule has 0 aliphatic rings. The SMILES string of the molecule is COc1ccc(/C(C)=N/O)c(OCCc2ccncc2)c1. The first-order valence-electron chi connectivity index (χ1n) is 6.63. The number of methoxy groups -OCH3 is 1. The van der Waals surface area contributed by atoms with Crippen molar-refractivity contribution in [2.24, 2.45) is 5.16 Å². The number of hydrogen-bond donors (Lipinski definition) is 1. The molecule has 1 N–H and O–H groups in total. The van der Waals surface area contributed by atoms with Gasteiger partial charge in [0.2, 0.25) is 0 Å². The molecular formula is C16H18N2O3. The average molecular weight is 286 g/mol. The Bertz CT molecular complexity index is 612. The van der Waals surface area contributed by atoms with Crippen LogP contribution >= 0.6 is 0 Å². The summed E-state index contributed by atoms with van der Waals surface area (Å²) in [5, 5.41) is 12.2. The number of aromatic nitrogens is 1. The molecule has 0 saturated carbocycles. The van der Waals surface area contributed by atoms with Crippen LogP contribution in [0.25, 0.3) is 0 Å². The fourth-order valence-corrected chi connectivity index (χ4v) is 1.93. The largest absolute Gasteiger partial charge is 0.497 e. The van der Waals surface area contributed by atoms with E-state index in [1.165, 1.54) is 0 Å². The number of hydrogen-bond acceptors (Lipinski definition) is 5. The Labute approximate surface area is 123 Å². The number of rotatable bonds is 6. The molecule has 0 aliphatic heterocycles. The summed E-state index contributed by atoms with van der Waals surface area (Å²) >= 11 is 0. The third-order valence-electron chi connectivity index (χ3n) is 3.13. The fraction of sp³-hybridized carbons (Fsp3) is 0.250. The molecule has 5 nitrogen and oxygen atoms in total. The van der Waals surface area contributed by atoms with Crippen LogP contribution in [0.1, 0.15) is 18.1 Å². The molecule has 0 radical (unpaired) electrons. The third kappa shape index (κ3) is 3.95. The number of oxime groups is 1. The molecule has 2 rings (SSSR count). The summed E-state index contributed by atoms with van der Waals surface area (Å²) in [5.41, 5.74) is 2.39. The van der Waals surface area contributed by atoms with Crippen molar-refractivity contribution in [2.75, 3.05) is 13.7 Å². The zero-order valence-corrected chi connectivity index (χ0v) is 12.1. The summed E-state index contributed by atoms with van der Waals surface area (Å²) in [5.74, 6) is 1.34. The summed E-state index contributed by atoms with van der Waals surface area (Å²) in [7, 11) is 1.60. The van der Waals surface area contributed by atoms with E-state index >= 15 is 0 Å². The van der Waals surface area contributed by atoms with Crippen LogP contribution in [0.2, 0.25) is 0 Å². The highest BCUT2D eigenvalue weighted by Gasteiger charge is 2.09. The van der Waals surface area contributed by atoms with Crippen LogP contribution in [-0.4, -0.2) is 29.6 Å². The van der Waals surface area contributed by atoms with Gasteiger partial charge in [0, 0.05) is 30.4 Å². The number of benzene rings is 1. The van der Waals surface area contributed by atoms with E-state index in [0.29, 0.717) is 23.8 Å². The van der Waals surface area contributed by atoms with Crippen molar-refractivity contribution in [2.45, 2.75) is 13.3 Å². The van der Waals surface area contributed by atoms with E-state index < -0.39 is 0 Å². The molecule has 110 valence electrons. The lowest BCUT2D eigenvalue weighted by Gasteiger charge is -2.12. The summed E-state index contributed by atoms with van der Waals surface area (Å²) < 4.78 is 11.0. The summed E-state index contributed by atoms with van der Waals surface area (Å²) in [6, 6.07) is 9.32. The molecule has 2 aromatic rings. The summed E-state index contributed by atoms with van der Waals surface area (Å²) in [4.78, 5) is 3.98. The molecule has 1 aromatic heterocycles. The normalized spacial score (nSPS) is 11.2. The van der Waals surface area contributed by atoms with Gasteiger partial charge in [-0.05, 0) is 36.8 Å². The average Bonchev–Trinajstić information content (AvgIpc) is 2.55. The number of pyridine rings is 1. The lowest BCUT2D eigenvalue weighted by Crippen LogP contribution is -2.06. The Kier molecular flexibility index (Phi) is 5.15. The molecule has 1 heterocycles. The van der Waals surface area contributed by atoms with Crippen LogP contribution in [-0.2, 0) is 6.42 Å². The Morgan fingerprint density at radius 1 is 1.24 bits per heavy atom. The van der Waals surface area contributed by atoms with Crippen molar-refractivity contribution < 1.29 is 14.7 Å². The zero-order chi connectivity index (χ0) is 15.1. The first-order valence-corrected chi connectivity index (χ1v) is 6.63. The van der Waals surface area contributed by atoms with Crippen LogP contribution in [0.5, 0.6) is 11.5 Å². The maximum Gasteiger partial charge on any atom is 0.132 e. The Morgan fingerprint density at radius 3 is 2.67 bits per heavy atom. The van der Waals surface area contributed by atoms with Gasteiger partial charge in [0.05, 0.1) is 19.4 Å². The molecule has 0 atom stereocenters. The summed E-state index contributed by atoms with van der Waals surface area (Å²) in [6.45, 7) is 2.24. The zero-order valence-electron chi connectivity index (χ0n) is 12.1. The molecule has 5 heteroatoms. The predicted molar refractivity (Wildman–Crippen MR) is 80.4 cm³/mol. The van der Waals surface area contributed by atoms with Gasteiger partial charge in [-0.2, -0.15) is 0 Å². The second kappa shape index (κ2) is 7.28. The van der Waals surface area contributed by atoms with Gasteiger partial charge in [-0.15, -0.1) is 0 Å². The Hall–Kier alpha value is -2.56. The Morgan fingerprint density at radius 2 is 2.00 bits per heavy atom. The maximum absolute atomic E-state index is 8.94. The molecule has 0 spiro atoms. The van der Waals surface area contributed by atoms with E-state index in [-0.39, 0.29) is 0 Å². The minimum absolute atomic E-state index is 0.497. The van der Waals surface area contributed by atoms with Crippen molar-refractivity contribution in [3.8, 4) is 11.5 Å². The van der Waals surface area contributed by atoms with E-state index in [1.54, 1.807) is 38.6 Å². The highest BCUT2D eigenvalue weighted by Crippen LogP contribution is 2.25. The topological polar surface area (TPSA) is 63.9 Å². The molecule has 0 aliphatic carbocycles.